The Balaban J connectivity index is 3.26. The molecule has 0 amide bonds. The minimum atomic E-state index is -0.500. The van der Waals surface area contributed by atoms with Crippen LogP contribution in [-0.4, -0.2) is 18.4 Å². The Bertz CT molecular complexity index is 118. The molecule has 44 valence electrons. The van der Waals surface area contributed by atoms with Gasteiger partial charge in [-0.2, -0.15) is 0 Å². The maximum Gasteiger partial charge on any atom is 0.109 e. The highest BCUT2D eigenvalue weighted by molar-refractivity contribution is 5.15. The van der Waals surface area contributed by atoms with Gasteiger partial charge in [0.05, 0.1) is 0 Å². The third-order valence-electron chi connectivity index (χ3n) is 0.471. The van der Waals surface area contributed by atoms with Gasteiger partial charge in [-0.25, -0.2) is 4.39 Å². The maximum atomic E-state index is 11.2. The van der Waals surface area contributed by atoms with Crippen molar-refractivity contribution in [2.24, 2.45) is 0 Å². The number of hydrogen-bond donors (Lipinski definition) is 1. The van der Waals surface area contributed by atoms with E-state index in [0.29, 0.717) is 0 Å². The fourth-order valence-corrected chi connectivity index (χ4v) is 0.208. The summed E-state index contributed by atoms with van der Waals surface area (Å²) in [6.45, 7) is -0.670. The van der Waals surface area contributed by atoms with E-state index in [-0.39, 0.29) is 6.61 Å². The number of hydrogen-bond acceptors (Lipinski definition) is 1. The second kappa shape index (κ2) is 6.19. The van der Waals surface area contributed by atoms with Gasteiger partial charge in [0.15, 0.2) is 0 Å². The first-order valence-electron chi connectivity index (χ1n) is 2.22. The van der Waals surface area contributed by atoms with E-state index in [1.54, 1.807) is 0 Å². The van der Waals surface area contributed by atoms with Crippen LogP contribution in [0.15, 0.2) is 12.2 Å². The van der Waals surface area contributed by atoms with E-state index in [0.717, 1.165) is 0 Å². The van der Waals surface area contributed by atoms with Gasteiger partial charge in [-0.15, -0.1) is 0 Å². The lowest BCUT2D eigenvalue weighted by molar-refractivity contribution is 0.350. The van der Waals surface area contributed by atoms with Gasteiger partial charge in [-0.05, 0) is 12.2 Å². The van der Waals surface area contributed by atoms with Crippen molar-refractivity contribution in [3.8, 4) is 11.8 Å². The quantitative estimate of drug-likeness (QED) is 0.492. The van der Waals surface area contributed by atoms with Gasteiger partial charge in [0.1, 0.15) is 13.3 Å². The third-order valence-corrected chi connectivity index (χ3v) is 0.471. The highest BCUT2D eigenvalue weighted by Crippen LogP contribution is 1.69. The van der Waals surface area contributed by atoms with Crippen LogP contribution in [0.25, 0.3) is 0 Å². The Morgan fingerprint density at radius 3 is 2.88 bits per heavy atom. The number of rotatable bonds is 1. The zero-order chi connectivity index (χ0) is 6.24. The van der Waals surface area contributed by atoms with E-state index in [9.17, 15) is 4.39 Å². The van der Waals surface area contributed by atoms with Crippen LogP contribution in [0.4, 0.5) is 4.39 Å². The Kier molecular flexibility index (Phi) is 5.56. The van der Waals surface area contributed by atoms with Crippen LogP contribution < -0.4 is 0 Å². The number of aliphatic hydroxyl groups is 1. The van der Waals surface area contributed by atoms with Gasteiger partial charge in [0, 0.05) is 0 Å². The third kappa shape index (κ3) is 5.19. The standard InChI is InChI=1S/C6H7FO/c7-5-3-1-2-4-6-8/h1,3,8H,5-6H2. The maximum absolute atomic E-state index is 11.2. The lowest BCUT2D eigenvalue weighted by Crippen LogP contribution is -1.68. The van der Waals surface area contributed by atoms with Gasteiger partial charge in [0.2, 0.25) is 0 Å². The molecule has 0 spiro atoms. The van der Waals surface area contributed by atoms with Crippen molar-refractivity contribution in [1.82, 2.24) is 0 Å². The molecule has 0 rings (SSSR count). The molecule has 8 heavy (non-hydrogen) atoms. The van der Waals surface area contributed by atoms with Crippen LogP contribution in [-0.2, 0) is 0 Å². The first-order chi connectivity index (χ1) is 3.91. The summed E-state index contributed by atoms with van der Waals surface area (Å²) >= 11 is 0. The van der Waals surface area contributed by atoms with Gasteiger partial charge < -0.3 is 5.11 Å². The van der Waals surface area contributed by atoms with Crippen molar-refractivity contribution >= 4 is 0 Å². The molecule has 0 aliphatic heterocycles. The van der Waals surface area contributed by atoms with Crippen molar-refractivity contribution in [3.05, 3.63) is 12.2 Å². The lowest BCUT2D eigenvalue weighted by atomic mass is 10.5. The molecule has 0 aromatic carbocycles. The molecule has 0 saturated carbocycles. The first kappa shape index (κ1) is 7.19. The summed E-state index contributed by atoms with van der Waals surface area (Å²) in [6, 6.07) is 0. The Hall–Kier alpha value is -0.810. The van der Waals surface area contributed by atoms with E-state index >= 15 is 0 Å². The summed E-state index contributed by atoms with van der Waals surface area (Å²) in [5, 5.41) is 8.06. The molecule has 0 unspecified atom stereocenters. The van der Waals surface area contributed by atoms with Crippen LogP contribution in [0, 0.1) is 11.8 Å². The predicted octanol–water partition coefficient (Wildman–Crippen LogP) is 0.508. The largest absolute Gasteiger partial charge is 0.384 e. The molecule has 0 atom stereocenters. The van der Waals surface area contributed by atoms with Crippen molar-refractivity contribution in [2.45, 2.75) is 0 Å². The predicted molar refractivity (Wildman–Crippen MR) is 30.0 cm³/mol. The van der Waals surface area contributed by atoms with Crippen molar-refractivity contribution in [1.29, 1.82) is 0 Å². The molecule has 0 aliphatic carbocycles. The van der Waals surface area contributed by atoms with Crippen molar-refractivity contribution in [3.63, 3.8) is 0 Å². The van der Waals surface area contributed by atoms with Gasteiger partial charge in [0.25, 0.3) is 0 Å². The Labute approximate surface area is 47.8 Å². The van der Waals surface area contributed by atoms with Crippen LogP contribution in [0.1, 0.15) is 0 Å². The minimum Gasteiger partial charge on any atom is -0.384 e. The van der Waals surface area contributed by atoms with Crippen molar-refractivity contribution in [2.75, 3.05) is 13.3 Å². The number of halogens is 1. The second-order valence-electron chi connectivity index (χ2n) is 1.04. The molecule has 0 radical (unpaired) electrons. The van der Waals surface area contributed by atoms with Gasteiger partial charge in [-0.3, -0.25) is 0 Å². The van der Waals surface area contributed by atoms with Crippen LogP contribution in [0.2, 0.25) is 0 Å². The van der Waals surface area contributed by atoms with E-state index in [1.807, 2.05) is 0 Å². The molecule has 0 heterocycles. The smallest absolute Gasteiger partial charge is 0.109 e. The Morgan fingerprint density at radius 2 is 2.38 bits per heavy atom. The van der Waals surface area contributed by atoms with E-state index < -0.39 is 6.67 Å². The lowest BCUT2D eigenvalue weighted by Gasteiger charge is -1.67. The molecule has 0 aromatic rings. The monoisotopic (exact) mass is 114 g/mol. The summed E-state index contributed by atoms with van der Waals surface area (Å²) in [5.74, 6) is 4.75. The van der Waals surface area contributed by atoms with Crippen molar-refractivity contribution < 1.29 is 9.50 Å². The summed E-state index contributed by atoms with van der Waals surface area (Å²) in [5.41, 5.74) is 0. The SMILES string of the molecule is OCC#CC=CCF. The zero-order valence-electron chi connectivity index (χ0n) is 4.39. The van der Waals surface area contributed by atoms with Crippen LogP contribution in [0.5, 0.6) is 0 Å². The normalized spacial score (nSPS) is 8.75. The van der Waals surface area contributed by atoms with Crippen LogP contribution in [0.3, 0.4) is 0 Å². The molecule has 1 N–H and O–H groups in total. The zero-order valence-corrected chi connectivity index (χ0v) is 4.39. The molecule has 0 saturated heterocycles. The summed E-state index contributed by atoms with van der Waals surface area (Å²) in [4.78, 5) is 0. The molecular formula is C6H7FO. The summed E-state index contributed by atoms with van der Waals surface area (Å²) in [6.07, 6.45) is 2.65. The Morgan fingerprint density at radius 1 is 1.62 bits per heavy atom. The summed E-state index contributed by atoms with van der Waals surface area (Å²) in [7, 11) is 0. The van der Waals surface area contributed by atoms with E-state index in [2.05, 4.69) is 11.8 Å². The first-order valence-corrected chi connectivity index (χ1v) is 2.22. The summed E-state index contributed by atoms with van der Waals surface area (Å²) < 4.78 is 11.2. The molecule has 1 nitrogen and oxygen atoms in total. The average molecular weight is 114 g/mol. The van der Waals surface area contributed by atoms with Gasteiger partial charge in [-0.1, -0.05) is 11.8 Å². The van der Waals surface area contributed by atoms with Crippen LogP contribution >= 0.6 is 0 Å². The number of aliphatic hydroxyl groups excluding tert-OH is 1. The highest BCUT2D eigenvalue weighted by atomic mass is 19.1. The molecule has 0 aliphatic rings. The average Bonchev–Trinajstić information content (AvgIpc) is 1.81. The fraction of sp³-hybridized carbons (Fsp3) is 0.333. The fourth-order valence-electron chi connectivity index (χ4n) is 0.208. The molecule has 0 bridgehead atoms. The van der Waals surface area contributed by atoms with E-state index in [4.69, 9.17) is 5.11 Å². The second-order valence-corrected chi connectivity index (χ2v) is 1.04. The molecular weight excluding hydrogens is 107 g/mol. The number of alkyl halides is 1. The molecule has 2 heteroatoms. The molecule has 0 aromatic heterocycles. The number of allylic oxidation sites excluding steroid dienone is 2. The van der Waals surface area contributed by atoms with E-state index in [1.165, 1.54) is 12.2 Å². The topological polar surface area (TPSA) is 20.2 Å². The van der Waals surface area contributed by atoms with Gasteiger partial charge >= 0.3 is 0 Å². The molecule has 0 fully saturated rings. The highest BCUT2D eigenvalue weighted by Gasteiger charge is 1.62. The minimum absolute atomic E-state index is 0.170.